The number of para-hydroxylation sites is 1. The van der Waals surface area contributed by atoms with Crippen LogP contribution in [0.25, 0.3) is 11.0 Å². The lowest BCUT2D eigenvalue weighted by atomic mass is 9.99. The van der Waals surface area contributed by atoms with Gasteiger partial charge in [-0.2, -0.15) is 0 Å². The molecule has 208 valence electrons. The van der Waals surface area contributed by atoms with Gasteiger partial charge in [0.15, 0.2) is 0 Å². The Bertz CT molecular complexity index is 1500. The van der Waals surface area contributed by atoms with Crippen LogP contribution in [0.3, 0.4) is 0 Å². The molecule has 4 heterocycles. The van der Waals surface area contributed by atoms with Gasteiger partial charge in [0.05, 0.1) is 18.1 Å². The molecule has 10 nitrogen and oxygen atoms in total. The number of piperidine rings is 1. The second-order valence-electron chi connectivity index (χ2n) is 10.7. The molecule has 2 fully saturated rings. The Hall–Kier alpha value is -3.57. The fourth-order valence-electron chi connectivity index (χ4n) is 6.17. The van der Waals surface area contributed by atoms with E-state index < -0.39 is 11.9 Å². The van der Waals surface area contributed by atoms with E-state index in [1.165, 1.54) is 0 Å². The number of halogens is 1. The normalized spacial score (nSPS) is 21.2. The molecular weight excluding hydrogens is 576 g/mol. The molecule has 2 aromatic carbocycles. The van der Waals surface area contributed by atoms with Crippen molar-refractivity contribution in [1.82, 2.24) is 30.4 Å². The van der Waals surface area contributed by atoms with Crippen molar-refractivity contribution in [3.8, 4) is 0 Å². The molecule has 3 aromatic rings. The van der Waals surface area contributed by atoms with Gasteiger partial charge >= 0.3 is 0 Å². The molecule has 0 saturated carbocycles. The Morgan fingerprint density at radius 1 is 1.12 bits per heavy atom. The number of nitrogens with zero attached hydrogens (tertiary/aromatic N) is 3. The predicted molar refractivity (Wildman–Crippen MR) is 151 cm³/mol. The lowest BCUT2D eigenvalue weighted by Crippen LogP contribution is -2.52. The Morgan fingerprint density at radius 3 is 2.80 bits per heavy atom. The molecule has 4 amide bonds. The van der Waals surface area contributed by atoms with Gasteiger partial charge in [-0.05, 0) is 90.4 Å². The van der Waals surface area contributed by atoms with Crippen LogP contribution >= 0.6 is 15.9 Å². The summed E-state index contributed by atoms with van der Waals surface area (Å²) in [5.74, 6) is -0.102. The summed E-state index contributed by atoms with van der Waals surface area (Å²) in [7, 11) is 0. The molecule has 0 aliphatic carbocycles. The van der Waals surface area contributed by atoms with Crippen LogP contribution in [-0.2, 0) is 33.9 Å². The Labute approximate surface area is 240 Å². The van der Waals surface area contributed by atoms with Crippen molar-refractivity contribution in [3.05, 3.63) is 63.4 Å². The standard InChI is InChI=1S/C29H31BrN6O4/c30-20-8-2-9-21-26(20)33-24(32-21)15-31-27(38)22-10-4-14-35(22)13-3-6-17-5-1-7-18-19(17)16-36(29(18)40)23-11-12-25(37)34-28(23)39/h1-2,5,7-9,22-23H,3-4,6,10-16H2,(H,31,38)(H,32,33)(H,34,37,39). The van der Waals surface area contributed by atoms with Gasteiger partial charge in [-0.3, -0.25) is 29.4 Å². The van der Waals surface area contributed by atoms with E-state index in [1.807, 2.05) is 36.4 Å². The predicted octanol–water partition coefficient (Wildman–Crippen LogP) is 2.80. The number of aromatic amines is 1. The first kappa shape index (κ1) is 26.6. The van der Waals surface area contributed by atoms with Gasteiger partial charge in [0.1, 0.15) is 17.4 Å². The highest BCUT2D eigenvalue weighted by molar-refractivity contribution is 9.10. The van der Waals surface area contributed by atoms with Gasteiger partial charge in [0.2, 0.25) is 17.7 Å². The Kier molecular flexibility index (Phi) is 7.41. The maximum absolute atomic E-state index is 13.1. The number of aromatic nitrogens is 2. The average Bonchev–Trinajstić information content (AvgIpc) is 3.66. The van der Waals surface area contributed by atoms with E-state index in [4.69, 9.17) is 0 Å². The Balaban J connectivity index is 1.04. The van der Waals surface area contributed by atoms with E-state index in [-0.39, 0.29) is 30.2 Å². The number of H-pyrrole nitrogens is 1. The molecule has 3 N–H and O–H groups in total. The molecule has 6 rings (SSSR count). The molecule has 1 aromatic heterocycles. The second-order valence-corrected chi connectivity index (χ2v) is 11.5. The van der Waals surface area contributed by atoms with Crippen molar-refractivity contribution in [1.29, 1.82) is 0 Å². The number of hydrogen-bond donors (Lipinski definition) is 3. The molecule has 0 radical (unpaired) electrons. The number of likely N-dealkylation sites (tertiary alicyclic amines) is 1. The van der Waals surface area contributed by atoms with Crippen molar-refractivity contribution in [3.63, 3.8) is 0 Å². The summed E-state index contributed by atoms with van der Waals surface area (Å²) >= 11 is 3.51. The van der Waals surface area contributed by atoms with Crippen molar-refractivity contribution in [2.75, 3.05) is 13.1 Å². The zero-order valence-electron chi connectivity index (χ0n) is 22.0. The number of imidazole rings is 1. The molecule has 3 aliphatic heterocycles. The lowest BCUT2D eigenvalue weighted by Gasteiger charge is -2.29. The summed E-state index contributed by atoms with van der Waals surface area (Å²) in [6.45, 7) is 2.39. The van der Waals surface area contributed by atoms with E-state index in [0.29, 0.717) is 25.1 Å². The topological polar surface area (TPSA) is 128 Å². The molecule has 40 heavy (non-hydrogen) atoms. The second kappa shape index (κ2) is 11.1. The summed E-state index contributed by atoms with van der Waals surface area (Å²) in [6.07, 6.45) is 4.03. The number of benzene rings is 2. The monoisotopic (exact) mass is 606 g/mol. The van der Waals surface area contributed by atoms with Crippen LogP contribution in [0.1, 0.15) is 59.4 Å². The summed E-state index contributed by atoms with van der Waals surface area (Å²) < 4.78 is 0.915. The molecule has 2 saturated heterocycles. The van der Waals surface area contributed by atoms with Crippen LogP contribution in [0.15, 0.2) is 40.9 Å². The largest absolute Gasteiger partial charge is 0.348 e. The van der Waals surface area contributed by atoms with Gasteiger partial charge in [-0.25, -0.2) is 4.98 Å². The zero-order chi connectivity index (χ0) is 27.8. The molecule has 11 heteroatoms. The van der Waals surface area contributed by atoms with Crippen LogP contribution in [0, 0.1) is 0 Å². The third-order valence-corrected chi connectivity index (χ3v) is 8.82. The maximum atomic E-state index is 13.1. The quantitative estimate of drug-likeness (QED) is 0.338. The van der Waals surface area contributed by atoms with Gasteiger partial charge in [-0.15, -0.1) is 0 Å². The highest BCUT2D eigenvalue weighted by atomic mass is 79.9. The average molecular weight is 608 g/mol. The molecule has 2 atom stereocenters. The van der Waals surface area contributed by atoms with Crippen molar-refractivity contribution in [2.45, 2.75) is 63.7 Å². The minimum atomic E-state index is -0.615. The zero-order valence-corrected chi connectivity index (χ0v) is 23.6. The fourth-order valence-corrected chi connectivity index (χ4v) is 6.62. The molecule has 3 aliphatic rings. The molecule has 0 spiro atoms. The number of amides is 4. The fraction of sp³-hybridized carbons (Fsp3) is 0.414. The van der Waals surface area contributed by atoms with Crippen LogP contribution in [-0.4, -0.2) is 68.6 Å². The van der Waals surface area contributed by atoms with Crippen LogP contribution in [0.2, 0.25) is 0 Å². The van der Waals surface area contributed by atoms with Crippen molar-refractivity contribution < 1.29 is 19.2 Å². The number of carbonyl (C=O) groups is 4. The first-order valence-electron chi connectivity index (χ1n) is 13.8. The van der Waals surface area contributed by atoms with Crippen molar-refractivity contribution in [2.24, 2.45) is 0 Å². The number of rotatable bonds is 8. The van der Waals surface area contributed by atoms with Crippen LogP contribution in [0.4, 0.5) is 0 Å². The number of hydrogen-bond acceptors (Lipinski definition) is 6. The van der Waals surface area contributed by atoms with Crippen LogP contribution < -0.4 is 10.6 Å². The SMILES string of the molecule is O=C1CCC(N2Cc3c(CCCN4CCCC4C(=O)NCc4nc5c(Br)cccc5[nH]4)cccc3C2=O)C(=O)N1. The number of carbonyl (C=O) groups excluding carboxylic acids is 4. The van der Waals surface area contributed by atoms with E-state index in [1.54, 1.807) is 4.90 Å². The summed E-state index contributed by atoms with van der Waals surface area (Å²) in [5, 5.41) is 5.41. The highest BCUT2D eigenvalue weighted by Gasteiger charge is 2.39. The maximum Gasteiger partial charge on any atom is 0.255 e. The van der Waals surface area contributed by atoms with E-state index in [2.05, 4.69) is 41.4 Å². The number of imide groups is 1. The van der Waals surface area contributed by atoms with Gasteiger partial charge < -0.3 is 15.2 Å². The highest BCUT2D eigenvalue weighted by Crippen LogP contribution is 2.31. The number of nitrogens with one attached hydrogen (secondary N) is 3. The van der Waals surface area contributed by atoms with Crippen molar-refractivity contribution >= 4 is 50.6 Å². The molecule has 2 unspecified atom stereocenters. The number of fused-ring (bicyclic) bond motifs is 2. The van der Waals surface area contributed by atoms with E-state index in [9.17, 15) is 19.2 Å². The van der Waals surface area contributed by atoms with E-state index >= 15 is 0 Å². The minimum absolute atomic E-state index is 0.0168. The molecule has 0 bridgehead atoms. The lowest BCUT2D eigenvalue weighted by molar-refractivity contribution is -0.137. The third-order valence-electron chi connectivity index (χ3n) is 8.18. The molecular formula is C29H31BrN6O4. The minimum Gasteiger partial charge on any atom is -0.348 e. The first-order chi connectivity index (χ1) is 19.4. The van der Waals surface area contributed by atoms with Gasteiger partial charge in [-0.1, -0.05) is 18.2 Å². The number of aryl methyl sites for hydroxylation is 1. The summed E-state index contributed by atoms with van der Waals surface area (Å²) in [6, 6.07) is 10.8. The van der Waals surface area contributed by atoms with Crippen LogP contribution in [0.5, 0.6) is 0 Å². The first-order valence-corrected chi connectivity index (χ1v) is 14.6. The van der Waals surface area contributed by atoms with E-state index in [0.717, 1.165) is 71.2 Å². The summed E-state index contributed by atoms with van der Waals surface area (Å²) in [4.78, 5) is 61.8. The smallest absolute Gasteiger partial charge is 0.255 e. The van der Waals surface area contributed by atoms with Gasteiger partial charge in [0.25, 0.3) is 5.91 Å². The van der Waals surface area contributed by atoms with Gasteiger partial charge in [0, 0.05) is 23.0 Å². The summed E-state index contributed by atoms with van der Waals surface area (Å²) in [5.41, 5.74) is 4.47. The third kappa shape index (κ3) is 5.15. The Morgan fingerprint density at radius 2 is 1.98 bits per heavy atom.